The lowest BCUT2D eigenvalue weighted by atomic mass is 9.87. The van der Waals surface area contributed by atoms with Gasteiger partial charge < -0.3 is 10.1 Å². The summed E-state index contributed by atoms with van der Waals surface area (Å²) in [5, 5.41) is 2.64. The van der Waals surface area contributed by atoms with Gasteiger partial charge >= 0.3 is 6.09 Å². The number of ether oxygens (including phenoxy) is 1. The smallest absolute Gasteiger partial charge is 0.408 e. The molecule has 0 saturated carbocycles. The molecule has 0 fully saturated rings. The molecule has 0 rings (SSSR count). The van der Waals surface area contributed by atoms with Crippen molar-refractivity contribution in [2.45, 2.75) is 63.3 Å². The summed E-state index contributed by atoms with van der Waals surface area (Å²) in [7, 11) is 0. The Morgan fingerprint density at radius 2 is 1.58 bits per heavy atom. The summed E-state index contributed by atoms with van der Waals surface area (Å²) in [6.45, 7) is 11.4. The lowest BCUT2D eigenvalue weighted by Gasteiger charge is -2.27. The van der Waals surface area contributed by atoms with E-state index in [9.17, 15) is 9.59 Å². The standard InChI is InChI=1S/C13H23Br2NO3/c1-12(2,3)7-8(9(17)10(14)15)16-11(18)19-13(4,5)6/h8,10H,7H2,1-6H3,(H,16,18)/t8-/m0/s1. The molecule has 0 unspecified atom stereocenters. The van der Waals surface area contributed by atoms with E-state index in [4.69, 9.17) is 4.74 Å². The summed E-state index contributed by atoms with van der Waals surface area (Å²) in [5.74, 6) is -0.124. The maximum Gasteiger partial charge on any atom is 0.408 e. The van der Waals surface area contributed by atoms with E-state index in [0.29, 0.717) is 6.42 Å². The molecule has 0 aliphatic carbocycles. The van der Waals surface area contributed by atoms with Crippen LogP contribution in [0.4, 0.5) is 4.79 Å². The second kappa shape index (κ2) is 7.07. The summed E-state index contributed by atoms with van der Waals surface area (Å²) in [5.41, 5.74) is -0.661. The number of alkyl halides is 2. The van der Waals surface area contributed by atoms with Crippen molar-refractivity contribution in [2.24, 2.45) is 5.41 Å². The van der Waals surface area contributed by atoms with E-state index in [-0.39, 0.29) is 11.2 Å². The van der Waals surface area contributed by atoms with Crippen LogP contribution in [0, 0.1) is 5.41 Å². The minimum absolute atomic E-state index is 0.0791. The van der Waals surface area contributed by atoms with Crippen LogP contribution in [-0.4, -0.2) is 27.3 Å². The van der Waals surface area contributed by atoms with E-state index >= 15 is 0 Å². The molecule has 112 valence electrons. The first-order chi connectivity index (χ1) is 8.32. The molecule has 0 aliphatic heterocycles. The Kier molecular flexibility index (Phi) is 7.03. The highest BCUT2D eigenvalue weighted by Gasteiger charge is 2.30. The fourth-order valence-electron chi connectivity index (χ4n) is 1.44. The number of amides is 1. The third-order valence-corrected chi connectivity index (χ3v) is 2.97. The number of hydrogen-bond donors (Lipinski definition) is 1. The number of ketones is 1. The van der Waals surface area contributed by atoms with Gasteiger partial charge in [0.25, 0.3) is 0 Å². The molecule has 0 heterocycles. The highest BCUT2D eigenvalue weighted by atomic mass is 79.9. The van der Waals surface area contributed by atoms with Crippen molar-refractivity contribution in [3.8, 4) is 0 Å². The van der Waals surface area contributed by atoms with E-state index in [2.05, 4.69) is 37.2 Å². The SMILES string of the molecule is CC(C)(C)C[C@H](NC(=O)OC(C)(C)C)C(=O)C(Br)Br. The molecular weight excluding hydrogens is 378 g/mol. The van der Waals surface area contributed by atoms with Crippen molar-refractivity contribution in [2.75, 3.05) is 0 Å². The first-order valence-corrected chi connectivity index (χ1v) is 7.96. The van der Waals surface area contributed by atoms with Crippen LogP contribution in [0.3, 0.4) is 0 Å². The number of carbonyl (C=O) groups excluding carboxylic acids is 2. The lowest BCUT2D eigenvalue weighted by Crippen LogP contribution is -2.46. The molecule has 0 saturated heterocycles. The molecule has 1 N–H and O–H groups in total. The highest BCUT2D eigenvalue weighted by molar-refractivity contribution is 9.25. The fourth-order valence-corrected chi connectivity index (χ4v) is 2.08. The van der Waals surface area contributed by atoms with Gasteiger partial charge in [0.2, 0.25) is 0 Å². The zero-order valence-corrected chi connectivity index (χ0v) is 15.5. The van der Waals surface area contributed by atoms with E-state index in [1.807, 2.05) is 20.8 Å². The molecule has 0 aromatic carbocycles. The van der Waals surface area contributed by atoms with E-state index < -0.39 is 21.5 Å². The Balaban J connectivity index is 4.78. The van der Waals surface area contributed by atoms with Crippen molar-refractivity contribution in [1.29, 1.82) is 0 Å². The predicted molar refractivity (Wildman–Crippen MR) is 83.9 cm³/mol. The van der Waals surface area contributed by atoms with E-state index in [1.54, 1.807) is 20.8 Å². The van der Waals surface area contributed by atoms with Gasteiger partial charge in [0.15, 0.2) is 5.78 Å². The molecule has 0 aliphatic rings. The van der Waals surface area contributed by atoms with Crippen molar-refractivity contribution in [1.82, 2.24) is 5.32 Å². The Morgan fingerprint density at radius 3 is 1.89 bits per heavy atom. The third kappa shape index (κ3) is 9.44. The van der Waals surface area contributed by atoms with Crippen molar-refractivity contribution < 1.29 is 14.3 Å². The fraction of sp³-hybridized carbons (Fsp3) is 0.846. The second-order valence-electron chi connectivity index (χ2n) is 6.67. The Morgan fingerprint density at radius 1 is 1.11 bits per heavy atom. The van der Waals surface area contributed by atoms with Gasteiger partial charge in [-0.25, -0.2) is 4.79 Å². The number of halogens is 2. The number of rotatable bonds is 4. The summed E-state index contributed by atoms with van der Waals surface area (Å²) in [4.78, 5) is 23.8. The van der Waals surface area contributed by atoms with Crippen LogP contribution < -0.4 is 5.32 Å². The molecule has 6 heteroatoms. The molecule has 0 aromatic rings. The van der Waals surface area contributed by atoms with Crippen LogP contribution in [0.2, 0.25) is 0 Å². The Hall–Kier alpha value is -0.100. The number of alkyl carbamates (subject to hydrolysis) is 1. The average molecular weight is 401 g/mol. The summed E-state index contributed by atoms with van der Waals surface area (Å²) in [6.07, 6.45) is -0.0329. The zero-order chi connectivity index (χ0) is 15.4. The lowest BCUT2D eigenvalue weighted by molar-refractivity contribution is -0.119. The van der Waals surface area contributed by atoms with Gasteiger partial charge in [-0.3, -0.25) is 4.79 Å². The molecule has 1 atom stereocenters. The minimum atomic E-state index is -0.585. The number of carbonyl (C=O) groups is 2. The topological polar surface area (TPSA) is 55.4 Å². The quantitative estimate of drug-likeness (QED) is 0.725. The first-order valence-electron chi connectivity index (χ1n) is 6.13. The van der Waals surface area contributed by atoms with Crippen LogP contribution in [0.5, 0.6) is 0 Å². The zero-order valence-electron chi connectivity index (χ0n) is 12.3. The molecular formula is C13H23Br2NO3. The summed E-state index contributed by atoms with van der Waals surface area (Å²) >= 11 is 6.35. The van der Waals surface area contributed by atoms with Gasteiger partial charge in [-0.05, 0) is 32.6 Å². The maximum absolute atomic E-state index is 12.1. The summed E-state index contributed by atoms with van der Waals surface area (Å²) in [6, 6.07) is -0.585. The second-order valence-corrected chi connectivity index (χ2v) is 9.73. The average Bonchev–Trinajstić information content (AvgIpc) is 2.09. The van der Waals surface area contributed by atoms with Crippen LogP contribution in [-0.2, 0) is 9.53 Å². The molecule has 4 nitrogen and oxygen atoms in total. The number of Topliss-reactive ketones (excluding diaryl/α,β-unsaturated/α-hetero) is 1. The van der Waals surface area contributed by atoms with Gasteiger partial charge in [0.1, 0.15) is 9.34 Å². The van der Waals surface area contributed by atoms with E-state index in [1.165, 1.54) is 0 Å². The third-order valence-electron chi connectivity index (χ3n) is 2.07. The first kappa shape index (κ1) is 18.9. The number of hydrogen-bond acceptors (Lipinski definition) is 3. The monoisotopic (exact) mass is 399 g/mol. The van der Waals surface area contributed by atoms with Crippen LogP contribution >= 0.6 is 31.9 Å². The molecule has 19 heavy (non-hydrogen) atoms. The Bertz CT molecular complexity index is 330. The number of nitrogens with one attached hydrogen (secondary N) is 1. The molecule has 0 radical (unpaired) electrons. The normalized spacial score (nSPS) is 14.2. The van der Waals surface area contributed by atoms with Gasteiger partial charge in [0.05, 0.1) is 6.04 Å². The van der Waals surface area contributed by atoms with E-state index in [0.717, 1.165) is 0 Å². The molecule has 0 bridgehead atoms. The molecule has 1 amide bonds. The van der Waals surface area contributed by atoms with Gasteiger partial charge in [0, 0.05) is 0 Å². The van der Waals surface area contributed by atoms with Gasteiger partial charge in [-0.2, -0.15) is 0 Å². The highest BCUT2D eigenvalue weighted by Crippen LogP contribution is 2.24. The molecule has 0 spiro atoms. The minimum Gasteiger partial charge on any atom is -0.444 e. The van der Waals surface area contributed by atoms with Crippen LogP contribution in [0.15, 0.2) is 0 Å². The van der Waals surface area contributed by atoms with Crippen LogP contribution in [0.25, 0.3) is 0 Å². The predicted octanol–water partition coefficient (Wildman–Crippen LogP) is 4.00. The Labute approximate surface area is 132 Å². The molecule has 0 aromatic heterocycles. The van der Waals surface area contributed by atoms with Crippen molar-refractivity contribution in [3.63, 3.8) is 0 Å². The largest absolute Gasteiger partial charge is 0.444 e. The van der Waals surface area contributed by atoms with Crippen molar-refractivity contribution in [3.05, 3.63) is 0 Å². The van der Waals surface area contributed by atoms with Gasteiger partial charge in [-0.15, -0.1) is 0 Å². The van der Waals surface area contributed by atoms with Gasteiger partial charge in [-0.1, -0.05) is 52.6 Å². The van der Waals surface area contributed by atoms with Crippen molar-refractivity contribution >= 4 is 43.7 Å². The van der Waals surface area contributed by atoms with Crippen LogP contribution in [0.1, 0.15) is 48.0 Å². The summed E-state index contributed by atoms with van der Waals surface area (Å²) < 4.78 is 4.70. The maximum atomic E-state index is 12.1.